The maximum atomic E-state index is 7.29. The Labute approximate surface area is 279 Å². The summed E-state index contributed by atoms with van der Waals surface area (Å²) in [4.78, 5) is 0. The van der Waals surface area contributed by atoms with Crippen LogP contribution in [0.25, 0.3) is 0 Å². The monoisotopic (exact) mass is 641 g/mol. The molecule has 1 heterocycles. The Hall–Kier alpha value is -0.163. The molecule has 6 rings (SSSR count). The fourth-order valence-corrected chi connectivity index (χ4v) is 14.8. The van der Waals surface area contributed by atoms with E-state index in [0.717, 1.165) is 37.4 Å². The lowest BCUT2D eigenvalue weighted by Gasteiger charge is -2.73. The van der Waals surface area contributed by atoms with Gasteiger partial charge in [0.2, 0.25) is 0 Å². The van der Waals surface area contributed by atoms with E-state index in [-0.39, 0.29) is 16.7 Å². The normalized spacial score (nSPS) is 48.1. The lowest BCUT2D eigenvalue weighted by molar-refractivity contribution is -0.255. The zero-order valence-electron chi connectivity index (χ0n) is 31.6. The second-order valence-corrected chi connectivity index (χ2v) is 25.1. The Balaban J connectivity index is 1.27. The highest BCUT2D eigenvalue weighted by atomic mass is 28.4. The molecule has 5 aliphatic carbocycles. The largest absolute Gasteiger partial charge is 0.413 e. The van der Waals surface area contributed by atoms with Crippen molar-refractivity contribution in [3.05, 3.63) is 12.2 Å². The van der Waals surface area contributed by atoms with Gasteiger partial charge in [-0.1, -0.05) is 67.5 Å². The minimum atomic E-state index is -1.83. The molecule has 0 spiro atoms. The van der Waals surface area contributed by atoms with Gasteiger partial charge in [-0.3, -0.25) is 0 Å². The quantitative estimate of drug-likeness (QED) is 0.213. The van der Waals surface area contributed by atoms with Crippen LogP contribution in [-0.2, 0) is 13.9 Å². The molecule has 6 aliphatic rings. The van der Waals surface area contributed by atoms with Gasteiger partial charge in [-0.2, -0.15) is 0 Å². The third-order valence-electron chi connectivity index (χ3n) is 17.1. The van der Waals surface area contributed by atoms with Crippen molar-refractivity contribution in [2.75, 3.05) is 13.2 Å². The van der Waals surface area contributed by atoms with Gasteiger partial charge in [-0.15, -0.1) is 0 Å². The molecule has 5 unspecified atom stereocenters. The highest BCUT2D eigenvalue weighted by Crippen LogP contribution is 2.77. The number of ether oxygens (including phenoxy) is 2. The Morgan fingerprint density at radius 1 is 0.822 bits per heavy atom. The number of hydrogen-bond acceptors (Lipinski definition) is 3. The number of fused-ring (bicyclic) bond motifs is 7. The van der Waals surface area contributed by atoms with E-state index in [4.69, 9.17) is 13.9 Å². The van der Waals surface area contributed by atoms with E-state index in [1.54, 1.807) is 0 Å². The van der Waals surface area contributed by atoms with E-state index in [9.17, 15) is 0 Å². The van der Waals surface area contributed by atoms with Crippen LogP contribution in [-0.4, -0.2) is 33.9 Å². The Morgan fingerprint density at radius 3 is 2.20 bits per heavy atom. The zero-order chi connectivity index (χ0) is 32.8. The van der Waals surface area contributed by atoms with Crippen molar-refractivity contribution < 1.29 is 13.9 Å². The molecule has 1 saturated heterocycles. The molecule has 45 heavy (non-hydrogen) atoms. The van der Waals surface area contributed by atoms with Crippen LogP contribution in [0.1, 0.15) is 146 Å². The van der Waals surface area contributed by atoms with Gasteiger partial charge < -0.3 is 13.9 Å². The molecule has 6 fully saturated rings. The average Bonchev–Trinajstić information content (AvgIpc) is 3.34. The van der Waals surface area contributed by atoms with Gasteiger partial charge in [0.1, 0.15) is 0 Å². The Morgan fingerprint density at radius 2 is 1.56 bits per heavy atom. The molecule has 0 bridgehead atoms. The lowest BCUT2D eigenvalue weighted by atomic mass is 9.32. The van der Waals surface area contributed by atoms with Gasteiger partial charge in [0.05, 0.1) is 12.7 Å². The molecule has 3 nitrogen and oxygen atoms in total. The number of rotatable bonds is 6. The van der Waals surface area contributed by atoms with E-state index in [0.29, 0.717) is 39.6 Å². The first-order valence-corrected chi connectivity index (χ1v) is 22.3. The summed E-state index contributed by atoms with van der Waals surface area (Å²) in [7, 11) is -1.83. The van der Waals surface area contributed by atoms with Gasteiger partial charge in [-0.25, -0.2) is 0 Å². The molecule has 0 aromatic rings. The molecule has 258 valence electrons. The van der Waals surface area contributed by atoms with Crippen LogP contribution in [0.2, 0.25) is 18.1 Å². The summed E-state index contributed by atoms with van der Waals surface area (Å²) in [5.41, 5.74) is 3.14. The smallest absolute Gasteiger partial charge is 0.192 e. The summed E-state index contributed by atoms with van der Waals surface area (Å²) >= 11 is 0. The predicted octanol–water partition coefficient (Wildman–Crippen LogP) is 11.6. The molecule has 0 amide bonds. The summed E-state index contributed by atoms with van der Waals surface area (Å²) in [5.74, 6) is 3.69. The minimum absolute atomic E-state index is 0.0218. The third-order valence-corrected chi connectivity index (χ3v) is 21.6. The number of hydrogen-bond donors (Lipinski definition) is 0. The number of allylic oxidation sites excluding steroid dienone is 1. The van der Waals surface area contributed by atoms with Crippen molar-refractivity contribution in [1.82, 2.24) is 0 Å². The minimum Gasteiger partial charge on any atom is -0.413 e. The van der Waals surface area contributed by atoms with Crippen LogP contribution in [0.15, 0.2) is 12.2 Å². The van der Waals surface area contributed by atoms with Gasteiger partial charge >= 0.3 is 0 Å². The van der Waals surface area contributed by atoms with Crippen LogP contribution >= 0.6 is 0 Å². The Bertz CT molecular complexity index is 1120. The molecule has 0 aromatic carbocycles. The SMILES string of the molecule is C=C(C)[C@@H]1CC[C@]2(COC3CCCCO3)CC[C@]3(C)C(CCC4[C@@]5(C)CC[C@H](O[Si](C)(C)C(C)(C)C)C(C)(C)C5CC[C@]43C)C12. The summed E-state index contributed by atoms with van der Waals surface area (Å²) in [6.45, 7) is 34.4. The first-order valence-electron chi connectivity index (χ1n) is 19.4. The molecule has 1 aliphatic heterocycles. The summed E-state index contributed by atoms with van der Waals surface area (Å²) in [6, 6.07) is 0. The summed E-state index contributed by atoms with van der Waals surface area (Å²) < 4.78 is 20.1. The van der Waals surface area contributed by atoms with E-state index < -0.39 is 8.32 Å². The molecular weight excluding hydrogens is 569 g/mol. The van der Waals surface area contributed by atoms with E-state index in [1.807, 2.05) is 0 Å². The maximum Gasteiger partial charge on any atom is 0.192 e. The fourth-order valence-electron chi connectivity index (χ4n) is 13.4. The second-order valence-electron chi connectivity index (χ2n) is 20.4. The fraction of sp³-hybridized carbons (Fsp3) is 0.951. The summed E-state index contributed by atoms with van der Waals surface area (Å²) in [5, 5.41) is 0.258. The third kappa shape index (κ3) is 5.25. The van der Waals surface area contributed by atoms with Gasteiger partial charge in [-0.05, 0) is 165 Å². The first kappa shape index (κ1) is 34.7. The molecule has 0 aromatic heterocycles. The van der Waals surface area contributed by atoms with Gasteiger partial charge in [0.25, 0.3) is 0 Å². The highest BCUT2D eigenvalue weighted by Gasteiger charge is 2.71. The molecule has 5 saturated carbocycles. The first-order chi connectivity index (χ1) is 20.8. The van der Waals surface area contributed by atoms with E-state index in [2.05, 4.69) is 82.0 Å². The van der Waals surface area contributed by atoms with Crippen LogP contribution < -0.4 is 0 Å². The van der Waals surface area contributed by atoms with Gasteiger partial charge in [0.15, 0.2) is 14.6 Å². The van der Waals surface area contributed by atoms with Crippen LogP contribution in [0.3, 0.4) is 0 Å². The van der Waals surface area contributed by atoms with Crippen molar-refractivity contribution >= 4 is 8.32 Å². The maximum absolute atomic E-state index is 7.29. The molecule has 0 N–H and O–H groups in total. The van der Waals surface area contributed by atoms with Crippen molar-refractivity contribution in [2.45, 2.75) is 176 Å². The molecule has 11 atom stereocenters. The van der Waals surface area contributed by atoms with Crippen molar-refractivity contribution in [3.63, 3.8) is 0 Å². The molecular formula is C41H72O3Si. The zero-order valence-corrected chi connectivity index (χ0v) is 32.6. The second kappa shape index (κ2) is 11.4. The van der Waals surface area contributed by atoms with Crippen molar-refractivity contribution in [3.8, 4) is 0 Å². The van der Waals surface area contributed by atoms with E-state index in [1.165, 1.54) is 82.6 Å². The van der Waals surface area contributed by atoms with Gasteiger partial charge in [0, 0.05) is 6.61 Å². The topological polar surface area (TPSA) is 27.7 Å². The Kier molecular flexibility index (Phi) is 8.82. The lowest BCUT2D eigenvalue weighted by Crippen LogP contribution is -2.67. The summed E-state index contributed by atoms with van der Waals surface area (Å²) in [6.07, 6.45) is 17.4. The highest BCUT2D eigenvalue weighted by molar-refractivity contribution is 6.74. The van der Waals surface area contributed by atoms with Crippen LogP contribution in [0, 0.1) is 56.7 Å². The van der Waals surface area contributed by atoms with Crippen molar-refractivity contribution in [1.29, 1.82) is 0 Å². The predicted molar refractivity (Wildman–Crippen MR) is 191 cm³/mol. The van der Waals surface area contributed by atoms with Crippen LogP contribution in [0.4, 0.5) is 0 Å². The molecule has 4 heteroatoms. The van der Waals surface area contributed by atoms with E-state index >= 15 is 0 Å². The van der Waals surface area contributed by atoms with Crippen molar-refractivity contribution in [2.24, 2.45) is 56.7 Å². The van der Waals surface area contributed by atoms with Crippen LogP contribution in [0.5, 0.6) is 0 Å². The standard InChI is InChI=1S/C41H72O3Si/c1-28(2)29-18-23-41(27-43-34-15-13-14-26-42-34)25-24-39(9)30(35(29)41)16-17-32-38(8)21-20-33(44-45(11,12)36(3,4)5)37(6,7)31(38)19-22-40(32,39)10/h29-35H,1,13-27H2,2-12H3/t29-,30?,31?,32?,33-,34?,35?,38-,39+,40+,41+/m0/s1. The molecule has 0 radical (unpaired) electrons. The average molecular weight is 641 g/mol.